The highest BCUT2D eigenvalue weighted by molar-refractivity contribution is 5.83. The van der Waals surface area contributed by atoms with E-state index in [0.717, 1.165) is 59.1 Å². The molecule has 1 fully saturated rings. The molecule has 0 bridgehead atoms. The third-order valence-corrected chi connectivity index (χ3v) is 6.86. The lowest BCUT2D eigenvalue weighted by molar-refractivity contribution is 0.145. The van der Waals surface area contributed by atoms with E-state index in [4.69, 9.17) is 0 Å². The maximum absolute atomic E-state index is 13.0. The minimum Gasteiger partial charge on any atom is -0.396 e. The zero-order chi connectivity index (χ0) is 23.4. The first-order valence-corrected chi connectivity index (χ1v) is 12.3. The van der Waals surface area contributed by atoms with Crippen LogP contribution in [0.5, 0.6) is 0 Å². The number of benzene rings is 1. The molecule has 0 spiro atoms. The molecule has 1 aliphatic carbocycles. The first kappa shape index (κ1) is 23.6. The van der Waals surface area contributed by atoms with E-state index in [-0.39, 0.29) is 18.2 Å². The van der Waals surface area contributed by atoms with Crippen LogP contribution in [0.1, 0.15) is 86.5 Å². The number of aromatic nitrogens is 5. The van der Waals surface area contributed by atoms with E-state index in [9.17, 15) is 9.90 Å². The smallest absolute Gasteiger partial charge is 0.252 e. The third-order valence-electron chi connectivity index (χ3n) is 6.86. The molecule has 0 unspecified atom stereocenters. The number of aliphatic hydroxyl groups excluding tert-OH is 1. The molecule has 2 N–H and O–H groups in total. The molecule has 8 nitrogen and oxygen atoms in total. The van der Waals surface area contributed by atoms with Gasteiger partial charge >= 0.3 is 0 Å². The predicted molar refractivity (Wildman–Crippen MR) is 129 cm³/mol. The van der Waals surface area contributed by atoms with Crippen molar-refractivity contribution in [1.29, 1.82) is 0 Å². The molecule has 0 amide bonds. The van der Waals surface area contributed by atoms with Crippen molar-refractivity contribution in [3.8, 4) is 0 Å². The number of pyridine rings is 1. The first-order chi connectivity index (χ1) is 16.0. The summed E-state index contributed by atoms with van der Waals surface area (Å²) in [5.74, 6) is 0.880. The Kier molecular flexibility index (Phi) is 7.55. The van der Waals surface area contributed by atoms with Gasteiger partial charge in [0.05, 0.1) is 12.1 Å². The lowest BCUT2D eigenvalue weighted by Gasteiger charge is -2.31. The molecule has 33 heavy (non-hydrogen) atoms. The monoisotopic (exact) mass is 452 g/mol. The molecule has 2 aromatic heterocycles. The van der Waals surface area contributed by atoms with Crippen LogP contribution in [0.25, 0.3) is 10.9 Å². The number of tetrazole rings is 1. The summed E-state index contributed by atoms with van der Waals surface area (Å²) in [6.07, 6.45) is 7.14. The number of hydrogen-bond acceptors (Lipinski definition) is 6. The van der Waals surface area contributed by atoms with Crippen molar-refractivity contribution in [2.45, 2.75) is 84.3 Å². The number of fused-ring (bicyclic) bond motifs is 1. The van der Waals surface area contributed by atoms with Gasteiger partial charge in [0, 0.05) is 36.2 Å². The molecule has 1 atom stereocenters. The van der Waals surface area contributed by atoms with Crippen molar-refractivity contribution in [2.75, 3.05) is 13.2 Å². The zero-order valence-corrected chi connectivity index (χ0v) is 20.0. The Morgan fingerprint density at radius 3 is 2.76 bits per heavy atom. The minimum atomic E-state index is -0.0628. The zero-order valence-electron chi connectivity index (χ0n) is 20.0. The van der Waals surface area contributed by atoms with Crippen LogP contribution in [-0.2, 0) is 6.54 Å². The number of aliphatic hydroxyl groups is 1. The van der Waals surface area contributed by atoms with E-state index in [2.05, 4.69) is 45.3 Å². The highest BCUT2D eigenvalue weighted by atomic mass is 16.3. The Labute approximate surface area is 195 Å². The second-order valence-corrected chi connectivity index (χ2v) is 9.44. The Hall–Kier alpha value is -2.58. The molecular formula is C25H36N6O2. The van der Waals surface area contributed by atoms with Crippen LogP contribution in [-0.4, -0.2) is 48.3 Å². The van der Waals surface area contributed by atoms with Gasteiger partial charge in [-0.3, -0.25) is 9.69 Å². The molecule has 1 saturated carbocycles. The Morgan fingerprint density at radius 2 is 2.03 bits per heavy atom. The summed E-state index contributed by atoms with van der Waals surface area (Å²) in [6, 6.07) is 6.53. The van der Waals surface area contributed by atoms with Gasteiger partial charge in [0.1, 0.15) is 0 Å². The molecule has 1 aliphatic rings. The standard InChI is InChI=1S/C25H36N6O2/c1-4-8-23(24-27-28-29-31(24)20-9-5-6-10-20)30(11-7-12-32)16-19-15-21-18(3)13-17(2)14-22(21)26-25(19)33/h13-15,20,23,32H,4-12,16H2,1-3H3,(H,26,33)/t23-/m0/s1. The van der Waals surface area contributed by atoms with Gasteiger partial charge < -0.3 is 10.1 Å². The molecule has 4 rings (SSSR count). The van der Waals surface area contributed by atoms with Gasteiger partial charge in [-0.25, -0.2) is 4.68 Å². The van der Waals surface area contributed by atoms with Crippen LogP contribution in [0, 0.1) is 13.8 Å². The summed E-state index contributed by atoms with van der Waals surface area (Å²) in [5.41, 5.74) is 3.83. The van der Waals surface area contributed by atoms with Crippen LogP contribution in [0.15, 0.2) is 23.0 Å². The number of nitrogens with zero attached hydrogens (tertiary/aromatic N) is 5. The third kappa shape index (κ3) is 5.17. The van der Waals surface area contributed by atoms with Crippen LogP contribution < -0.4 is 5.56 Å². The molecule has 0 radical (unpaired) electrons. The van der Waals surface area contributed by atoms with Gasteiger partial charge in [-0.05, 0) is 73.2 Å². The molecule has 0 saturated heterocycles. The van der Waals surface area contributed by atoms with Crippen molar-refractivity contribution >= 4 is 10.9 Å². The Morgan fingerprint density at radius 1 is 1.24 bits per heavy atom. The Bertz CT molecular complexity index is 1130. The fraction of sp³-hybridized carbons (Fsp3) is 0.600. The largest absolute Gasteiger partial charge is 0.396 e. The van der Waals surface area contributed by atoms with E-state index in [1.165, 1.54) is 12.8 Å². The number of aryl methyl sites for hydroxylation is 2. The van der Waals surface area contributed by atoms with Gasteiger partial charge in [-0.15, -0.1) is 5.10 Å². The van der Waals surface area contributed by atoms with Crippen molar-refractivity contribution < 1.29 is 5.11 Å². The fourth-order valence-electron chi connectivity index (χ4n) is 5.25. The highest BCUT2D eigenvalue weighted by Gasteiger charge is 2.30. The summed E-state index contributed by atoms with van der Waals surface area (Å²) >= 11 is 0. The second kappa shape index (κ2) is 10.6. The molecule has 178 valence electrons. The summed E-state index contributed by atoms with van der Waals surface area (Å²) in [4.78, 5) is 18.4. The fourth-order valence-corrected chi connectivity index (χ4v) is 5.25. The molecule has 3 aromatic rings. The summed E-state index contributed by atoms with van der Waals surface area (Å²) in [6.45, 7) is 7.55. The maximum atomic E-state index is 13.0. The van der Waals surface area contributed by atoms with Crippen LogP contribution in [0.4, 0.5) is 0 Å². The van der Waals surface area contributed by atoms with Gasteiger partial charge in [0.2, 0.25) is 0 Å². The number of rotatable bonds is 10. The lowest BCUT2D eigenvalue weighted by Crippen LogP contribution is -2.34. The van der Waals surface area contributed by atoms with E-state index >= 15 is 0 Å². The number of H-pyrrole nitrogens is 1. The van der Waals surface area contributed by atoms with Crippen molar-refractivity contribution in [3.05, 3.63) is 51.1 Å². The predicted octanol–water partition coefficient (Wildman–Crippen LogP) is 3.97. The molecule has 8 heteroatoms. The first-order valence-electron chi connectivity index (χ1n) is 12.3. The van der Waals surface area contributed by atoms with Gasteiger partial charge in [-0.2, -0.15) is 0 Å². The lowest BCUT2D eigenvalue weighted by atomic mass is 10.0. The maximum Gasteiger partial charge on any atom is 0.252 e. The molecule has 1 aromatic carbocycles. The topological polar surface area (TPSA) is 99.9 Å². The molecule has 2 heterocycles. The van der Waals surface area contributed by atoms with Crippen LogP contribution in [0.2, 0.25) is 0 Å². The number of nitrogens with one attached hydrogen (secondary N) is 1. The summed E-state index contributed by atoms with van der Waals surface area (Å²) in [5, 5.41) is 23.5. The van der Waals surface area contributed by atoms with E-state index in [0.29, 0.717) is 25.6 Å². The summed E-state index contributed by atoms with van der Waals surface area (Å²) in [7, 11) is 0. The van der Waals surface area contributed by atoms with Gasteiger partial charge in [0.25, 0.3) is 5.56 Å². The Balaban J connectivity index is 1.70. The number of hydrogen-bond donors (Lipinski definition) is 2. The second-order valence-electron chi connectivity index (χ2n) is 9.44. The van der Waals surface area contributed by atoms with E-state index < -0.39 is 0 Å². The SMILES string of the molecule is CCC[C@@H](c1nnnn1C1CCCC1)N(CCCO)Cc1cc2c(C)cc(C)cc2[nH]c1=O. The normalized spacial score (nSPS) is 15.7. The van der Waals surface area contributed by atoms with E-state index in [1.54, 1.807) is 0 Å². The minimum absolute atomic E-state index is 0.00800. The highest BCUT2D eigenvalue weighted by Crippen LogP contribution is 2.33. The quantitative estimate of drug-likeness (QED) is 0.483. The average molecular weight is 453 g/mol. The average Bonchev–Trinajstić information content (AvgIpc) is 3.47. The van der Waals surface area contributed by atoms with Crippen molar-refractivity contribution in [3.63, 3.8) is 0 Å². The van der Waals surface area contributed by atoms with Crippen molar-refractivity contribution in [2.24, 2.45) is 0 Å². The van der Waals surface area contributed by atoms with Gasteiger partial charge in [-0.1, -0.05) is 32.3 Å². The van der Waals surface area contributed by atoms with Crippen LogP contribution >= 0.6 is 0 Å². The molecule has 0 aliphatic heterocycles. The van der Waals surface area contributed by atoms with Crippen LogP contribution in [0.3, 0.4) is 0 Å². The number of aromatic amines is 1. The molecular weight excluding hydrogens is 416 g/mol. The van der Waals surface area contributed by atoms with E-state index in [1.807, 2.05) is 23.7 Å². The summed E-state index contributed by atoms with van der Waals surface area (Å²) < 4.78 is 2.02. The van der Waals surface area contributed by atoms with Gasteiger partial charge in [0.15, 0.2) is 5.82 Å². The van der Waals surface area contributed by atoms with Crippen molar-refractivity contribution in [1.82, 2.24) is 30.1 Å².